The second-order valence-corrected chi connectivity index (χ2v) is 6.48. The van der Waals surface area contributed by atoms with Crippen LogP contribution in [0.1, 0.15) is 34.5 Å². The van der Waals surface area contributed by atoms with E-state index in [1.807, 2.05) is 78.9 Å². The van der Waals surface area contributed by atoms with Crippen molar-refractivity contribution in [3.63, 3.8) is 0 Å². The van der Waals surface area contributed by atoms with Crippen molar-refractivity contribution < 1.29 is 9.53 Å². The molecular weight excluding hydrogens is 322 g/mol. The molecule has 0 radical (unpaired) electrons. The van der Waals surface area contributed by atoms with Crippen LogP contribution >= 0.6 is 0 Å². The van der Waals surface area contributed by atoms with E-state index in [1.54, 1.807) is 0 Å². The van der Waals surface area contributed by atoms with Gasteiger partial charge < -0.3 is 10.1 Å². The smallest absolute Gasteiger partial charge is 0.205 e. The topological polar surface area (TPSA) is 38.3 Å². The van der Waals surface area contributed by atoms with Gasteiger partial charge >= 0.3 is 0 Å². The summed E-state index contributed by atoms with van der Waals surface area (Å²) in [5.74, 6) is 0.766. The average Bonchev–Trinajstić information content (AvgIpc) is 3.07. The van der Waals surface area contributed by atoms with Gasteiger partial charge in [-0.3, -0.25) is 4.79 Å². The number of hydrogen-bond acceptors (Lipinski definition) is 3. The highest BCUT2D eigenvalue weighted by Crippen LogP contribution is 2.39. The lowest BCUT2D eigenvalue weighted by Crippen LogP contribution is -2.33. The lowest BCUT2D eigenvalue weighted by Gasteiger charge is -2.20. The molecule has 1 aliphatic rings. The number of nitrogens with one attached hydrogen (secondary N) is 1. The van der Waals surface area contributed by atoms with Gasteiger partial charge in [0, 0.05) is 16.8 Å². The fourth-order valence-corrected chi connectivity index (χ4v) is 3.35. The Morgan fingerprint density at radius 2 is 1.62 bits per heavy atom. The molecule has 0 spiro atoms. The quantitative estimate of drug-likeness (QED) is 0.659. The summed E-state index contributed by atoms with van der Waals surface area (Å²) < 4.78 is 6.05. The minimum Gasteiger partial charge on any atom is -0.479 e. The first-order valence-electron chi connectivity index (χ1n) is 8.96. The van der Waals surface area contributed by atoms with Crippen molar-refractivity contribution in [2.24, 2.45) is 0 Å². The van der Waals surface area contributed by atoms with Crippen LogP contribution in [0.5, 0.6) is 5.75 Å². The molecule has 0 aliphatic carbocycles. The fraction of sp³-hybridized carbons (Fsp3) is 0.174. The molecule has 4 rings (SSSR count). The summed E-state index contributed by atoms with van der Waals surface area (Å²) >= 11 is 0. The van der Waals surface area contributed by atoms with Crippen molar-refractivity contribution in [3.05, 3.63) is 95.6 Å². The third kappa shape index (κ3) is 3.08. The average molecular weight is 343 g/mol. The number of anilines is 1. The number of ether oxygens (including phenoxy) is 1. The number of fused-ring (bicyclic) bond motifs is 1. The molecule has 1 heterocycles. The molecule has 0 amide bonds. The van der Waals surface area contributed by atoms with E-state index in [4.69, 9.17) is 4.74 Å². The molecule has 3 nitrogen and oxygen atoms in total. The number of carbonyl (C=O) groups excluding carboxylic acids is 1. The summed E-state index contributed by atoms with van der Waals surface area (Å²) in [7, 11) is 0. The van der Waals surface area contributed by atoms with Gasteiger partial charge in [-0.25, -0.2) is 0 Å². The normalized spacial score (nSPS) is 18.0. The van der Waals surface area contributed by atoms with E-state index >= 15 is 0 Å². The van der Waals surface area contributed by atoms with Crippen molar-refractivity contribution in [2.75, 3.05) is 5.32 Å². The van der Waals surface area contributed by atoms with Crippen molar-refractivity contribution in [1.29, 1.82) is 0 Å². The Morgan fingerprint density at radius 3 is 2.35 bits per heavy atom. The second kappa shape index (κ2) is 7.04. The molecule has 3 aromatic carbocycles. The predicted molar refractivity (Wildman–Crippen MR) is 104 cm³/mol. The molecule has 0 fully saturated rings. The Morgan fingerprint density at radius 1 is 0.923 bits per heavy atom. The Kier molecular flexibility index (Phi) is 4.44. The standard InChI is InChI=1S/C23H21NO2/c1-2-16-12-14-17(15-13-16)22(25)23-21(24-18-8-4-3-5-9-18)19-10-6-7-11-20(19)26-23/h3-15,21,23-24H,2H2,1H3. The molecule has 2 atom stereocenters. The first-order valence-corrected chi connectivity index (χ1v) is 8.96. The highest BCUT2D eigenvalue weighted by atomic mass is 16.5. The van der Waals surface area contributed by atoms with E-state index in [-0.39, 0.29) is 11.8 Å². The van der Waals surface area contributed by atoms with Crippen LogP contribution in [0.25, 0.3) is 0 Å². The number of ketones is 1. The van der Waals surface area contributed by atoms with E-state index in [2.05, 4.69) is 12.2 Å². The Hall–Kier alpha value is -3.07. The lowest BCUT2D eigenvalue weighted by molar-refractivity contribution is 0.0802. The van der Waals surface area contributed by atoms with Crippen LogP contribution in [0.3, 0.4) is 0 Å². The SMILES string of the molecule is CCc1ccc(C(=O)C2Oc3ccccc3C2Nc2ccccc2)cc1. The van der Waals surface area contributed by atoms with Gasteiger partial charge in [-0.05, 0) is 30.2 Å². The first kappa shape index (κ1) is 16.4. The number of rotatable bonds is 5. The van der Waals surface area contributed by atoms with Gasteiger partial charge in [0.05, 0.1) is 6.04 Å². The maximum absolute atomic E-state index is 13.2. The van der Waals surface area contributed by atoms with Gasteiger partial charge in [0.15, 0.2) is 6.10 Å². The highest BCUT2D eigenvalue weighted by Gasteiger charge is 2.39. The number of benzene rings is 3. The third-order valence-electron chi connectivity index (χ3n) is 4.81. The minimum atomic E-state index is -0.583. The molecule has 1 N–H and O–H groups in total. The van der Waals surface area contributed by atoms with Gasteiger partial charge in [-0.1, -0.05) is 67.6 Å². The molecule has 0 aromatic heterocycles. The summed E-state index contributed by atoms with van der Waals surface area (Å²) in [6.45, 7) is 2.10. The Balaban J connectivity index is 1.66. The van der Waals surface area contributed by atoms with Crippen molar-refractivity contribution >= 4 is 11.5 Å². The Bertz CT molecular complexity index is 903. The van der Waals surface area contributed by atoms with Crippen molar-refractivity contribution in [2.45, 2.75) is 25.5 Å². The summed E-state index contributed by atoms with van der Waals surface area (Å²) in [6, 6.07) is 25.4. The molecule has 26 heavy (non-hydrogen) atoms. The van der Waals surface area contributed by atoms with Crippen LogP contribution in [0.4, 0.5) is 5.69 Å². The molecular formula is C23H21NO2. The van der Waals surface area contributed by atoms with Crippen LogP contribution in [-0.2, 0) is 6.42 Å². The summed E-state index contributed by atoms with van der Waals surface area (Å²) in [5.41, 5.74) is 3.88. The first-order chi connectivity index (χ1) is 12.8. The second-order valence-electron chi connectivity index (χ2n) is 6.48. The number of aryl methyl sites for hydroxylation is 1. The molecule has 3 heteroatoms. The summed E-state index contributed by atoms with van der Waals surface area (Å²) in [6.07, 6.45) is 0.373. The zero-order chi connectivity index (χ0) is 17.9. The molecule has 3 aromatic rings. The molecule has 2 unspecified atom stereocenters. The predicted octanol–water partition coefficient (Wildman–Crippen LogP) is 5.05. The molecule has 0 bridgehead atoms. The minimum absolute atomic E-state index is 0.00251. The number of carbonyl (C=O) groups is 1. The highest BCUT2D eigenvalue weighted by molar-refractivity contribution is 6.01. The van der Waals surface area contributed by atoms with Crippen LogP contribution in [0.15, 0.2) is 78.9 Å². The van der Waals surface area contributed by atoms with Crippen molar-refractivity contribution in [1.82, 2.24) is 0 Å². The molecule has 0 saturated heterocycles. The van der Waals surface area contributed by atoms with Crippen molar-refractivity contribution in [3.8, 4) is 5.75 Å². The zero-order valence-corrected chi connectivity index (χ0v) is 14.7. The number of hydrogen-bond donors (Lipinski definition) is 1. The van der Waals surface area contributed by atoms with Gasteiger partial charge in [-0.2, -0.15) is 0 Å². The van der Waals surface area contributed by atoms with E-state index in [0.717, 1.165) is 23.4 Å². The van der Waals surface area contributed by atoms with Crippen LogP contribution in [0, 0.1) is 0 Å². The van der Waals surface area contributed by atoms with Crippen LogP contribution in [0.2, 0.25) is 0 Å². The van der Waals surface area contributed by atoms with E-state index in [0.29, 0.717) is 5.56 Å². The van der Waals surface area contributed by atoms with E-state index < -0.39 is 6.10 Å². The van der Waals surface area contributed by atoms with Gasteiger partial charge in [0.25, 0.3) is 0 Å². The largest absolute Gasteiger partial charge is 0.479 e. The van der Waals surface area contributed by atoms with Crippen LogP contribution < -0.4 is 10.1 Å². The molecule has 130 valence electrons. The lowest BCUT2D eigenvalue weighted by atomic mass is 9.96. The van der Waals surface area contributed by atoms with Gasteiger partial charge in [0.2, 0.25) is 5.78 Å². The molecule has 1 aliphatic heterocycles. The van der Waals surface area contributed by atoms with E-state index in [1.165, 1.54) is 5.56 Å². The Labute approximate surface area is 153 Å². The maximum Gasteiger partial charge on any atom is 0.205 e. The fourth-order valence-electron chi connectivity index (χ4n) is 3.35. The zero-order valence-electron chi connectivity index (χ0n) is 14.7. The van der Waals surface area contributed by atoms with Gasteiger partial charge in [-0.15, -0.1) is 0 Å². The summed E-state index contributed by atoms with van der Waals surface area (Å²) in [4.78, 5) is 13.2. The summed E-state index contributed by atoms with van der Waals surface area (Å²) in [5, 5.41) is 3.47. The monoisotopic (exact) mass is 343 g/mol. The van der Waals surface area contributed by atoms with Crippen LogP contribution in [-0.4, -0.2) is 11.9 Å². The van der Waals surface area contributed by atoms with Gasteiger partial charge in [0.1, 0.15) is 5.75 Å². The van der Waals surface area contributed by atoms with E-state index in [9.17, 15) is 4.79 Å². The number of Topliss-reactive ketones (excluding diaryl/α,β-unsaturated/α-hetero) is 1. The molecule has 0 saturated carbocycles. The third-order valence-corrected chi connectivity index (χ3v) is 4.81. The number of para-hydroxylation sites is 2. The maximum atomic E-state index is 13.2.